The summed E-state index contributed by atoms with van der Waals surface area (Å²) in [6, 6.07) is 9.81. The van der Waals surface area contributed by atoms with E-state index in [1.165, 1.54) is 37.0 Å². The maximum absolute atomic E-state index is 12.8. The molecule has 3 aromatic heterocycles. The molecule has 4 rings (SSSR count). The van der Waals surface area contributed by atoms with Crippen LogP contribution in [0.3, 0.4) is 0 Å². The number of aryl methyl sites for hydroxylation is 1. The summed E-state index contributed by atoms with van der Waals surface area (Å²) in [5.74, 6) is -0.102. The Morgan fingerprint density at radius 2 is 1.84 bits per heavy atom. The van der Waals surface area contributed by atoms with Crippen molar-refractivity contribution in [2.24, 2.45) is 14.1 Å². The van der Waals surface area contributed by atoms with Crippen LogP contribution in [0.4, 0.5) is 5.82 Å². The standard InChI is InChI=1S/C20H16Cl2N6O3/c1-26-17-12(19(30)27(2)20(26)31)6-7-14(24-17)18(29)25-15-8-9-23-28(15)10-11-4-3-5-13(21)16(11)22/h3-9H,10H2,1-2H3,(H,25,29). The minimum Gasteiger partial charge on any atom is -0.305 e. The summed E-state index contributed by atoms with van der Waals surface area (Å²) in [6.07, 6.45) is 1.54. The molecular weight excluding hydrogens is 443 g/mol. The smallest absolute Gasteiger partial charge is 0.305 e. The van der Waals surface area contributed by atoms with Crippen LogP contribution in [0, 0.1) is 0 Å². The highest BCUT2D eigenvalue weighted by Crippen LogP contribution is 2.26. The molecule has 0 unspecified atom stereocenters. The Hall–Kier alpha value is -3.43. The van der Waals surface area contributed by atoms with Crippen LogP contribution in [0.25, 0.3) is 11.0 Å². The third kappa shape index (κ3) is 3.73. The van der Waals surface area contributed by atoms with Gasteiger partial charge in [0.25, 0.3) is 11.5 Å². The average Bonchev–Trinajstić information content (AvgIpc) is 3.20. The van der Waals surface area contributed by atoms with E-state index in [0.717, 1.165) is 10.1 Å². The number of hydrogen-bond donors (Lipinski definition) is 1. The van der Waals surface area contributed by atoms with Gasteiger partial charge >= 0.3 is 5.69 Å². The van der Waals surface area contributed by atoms with Crippen LogP contribution in [0.5, 0.6) is 0 Å². The zero-order valence-electron chi connectivity index (χ0n) is 16.5. The van der Waals surface area contributed by atoms with Crippen molar-refractivity contribution >= 4 is 46.0 Å². The minimum absolute atomic E-state index is 0.0456. The molecule has 0 aliphatic heterocycles. The molecule has 0 aliphatic carbocycles. The molecule has 0 fully saturated rings. The molecule has 0 spiro atoms. The Labute approximate surface area is 185 Å². The lowest BCUT2D eigenvalue weighted by molar-refractivity contribution is 0.102. The van der Waals surface area contributed by atoms with Gasteiger partial charge in [-0.1, -0.05) is 35.3 Å². The normalized spacial score (nSPS) is 11.1. The van der Waals surface area contributed by atoms with Crippen molar-refractivity contribution in [3.63, 3.8) is 0 Å². The Kier molecular flexibility index (Phi) is 5.38. The average molecular weight is 459 g/mol. The molecule has 1 aromatic carbocycles. The Bertz CT molecular complexity index is 1450. The van der Waals surface area contributed by atoms with Gasteiger partial charge in [0.1, 0.15) is 17.2 Å². The van der Waals surface area contributed by atoms with E-state index < -0.39 is 17.2 Å². The van der Waals surface area contributed by atoms with Gasteiger partial charge in [0.15, 0.2) is 0 Å². The van der Waals surface area contributed by atoms with Gasteiger partial charge in [-0.05, 0) is 23.8 Å². The van der Waals surface area contributed by atoms with E-state index in [-0.39, 0.29) is 23.3 Å². The number of hydrogen-bond acceptors (Lipinski definition) is 5. The highest BCUT2D eigenvalue weighted by Gasteiger charge is 2.16. The molecule has 1 N–H and O–H groups in total. The number of fused-ring (bicyclic) bond motifs is 1. The molecule has 9 nitrogen and oxygen atoms in total. The molecular formula is C20H16Cl2N6O3. The third-order valence-corrected chi connectivity index (χ3v) is 5.70. The molecule has 3 heterocycles. The molecule has 1 amide bonds. The summed E-state index contributed by atoms with van der Waals surface area (Å²) in [4.78, 5) is 41.5. The predicted molar refractivity (Wildman–Crippen MR) is 118 cm³/mol. The highest BCUT2D eigenvalue weighted by molar-refractivity contribution is 6.42. The quantitative estimate of drug-likeness (QED) is 0.505. The molecule has 0 saturated heterocycles. The zero-order chi connectivity index (χ0) is 22.3. The van der Waals surface area contributed by atoms with Crippen molar-refractivity contribution in [3.05, 3.63) is 84.7 Å². The second kappa shape index (κ2) is 8.01. The number of aromatic nitrogens is 5. The van der Waals surface area contributed by atoms with E-state index in [1.807, 2.05) is 6.07 Å². The second-order valence-corrected chi connectivity index (χ2v) is 7.60. The van der Waals surface area contributed by atoms with Crippen LogP contribution >= 0.6 is 23.2 Å². The Balaban J connectivity index is 1.65. The van der Waals surface area contributed by atoms with Gasteiger partial charge in [-0.2, -0.15) is 5.10 Å². The van der Waals surface area contributed by atoms with Gasteiger partial charge in [0.2, 0.25) is 0 Å². The van der Waals surface area contributed by atoms with Gasteiger partial charge in [0, 0.05) is 20.2 Å². The van der Waals surface area contributed by atoms with Crippen LogP contribution in [-0.4, -0.2) is 29.8 Å². The van der Waals surface area contributed by atoms with Crippen LogP contribution in [-0.2, 0) is 20.6 Å². The first kappa shape index (κ1) is 20.8. The van der Waals surface area contributed by atoms with Gasteiger partial charge < -0.3 is 5.32 Å². The molecule has 4 aromatic rings. The molecule has 31 heavy (non-hydrogen) atoms. The van der Waals surface area contributed by atoms with Crippen molar-refractivity contribution < 1.29 is 4.79 Å². The van der Waals surface area contributed by atoms with Crippen molar-refractivity contribution in [2.45, 2.75) is 6.54 Å². The second-order valence-electron chi connectivity index (χ2n) is 6.81. The first-order chi connectivity index (χ1) is 14.8. The van der Waals surface area contributed by atoms with Crippen molar-refractivity contribution in [2.75, 3.05) is 5.32 Å². The van der Waals surface area contributed by atoms with E-state index in [0.29, 0.717) is 15.9 Å². The van der Waals surface area contributed by atoms with E-state index in [1.54, 1.807) is 22.9 Å². The van der Waals surface area contributed by atoms with Crippen LogP contribution in [0.1, 0.15) is 16.1 Å². The van der Waals surface area contributed by atoms with E-state index in [2.05, 4.69) is 15.4 Å². The lowest BCUT2D eigenvalue weighted by Crippen LogP contribution is -2.37. The van der Waals surface area contributed by atoms with Crippen LogP contribution in [0.2, 0.25) is 10.0 Å². The number of carbonyl (C=O) groups is 1. The monoisotopic (exact) mass is 458 g/mol. The zero-order valence-corrected chi connectivity index (χ0v) is 18.0. The van der Waals surface area contributed by atoms with E-state index in [4.69, 9.17) is 23.2 Å². The number of rotatable bonds is 4. The molecule has 11 heteroatoms. The van der Waals surface area contributed by atoms with Crippen molar-refractivity contribution in [1.29, 1.82) is 0 Å². The van der Waals surface area contributed by atoms with E-state index >= 15 is 0 Å². The van der Waals surface area contributed by atoms with Gasteiger partial charge in [-0.15, -0.1) is 0 Å². The molecule has 0 radical (unpaired) electrons. The lowest BCUT2D eigenvalue weighted by Gasteiger charge is -2.11. The topological polar surface area (TPSA) is 104 Å². The number of pyridine rings is 1. The molecule has 158 valence electrons. The Morgan fingerprint density at radius 1 is 1.06 bits per heavy atom. The fourth-order valence-electron chi connectivity index (χ4n) is 3.16. The maximum Gasteiger partial charge on any atom is 0.332 e. The fraction of sp³-hybridized carbons (Fsp3) is 0.150. The van der Waals surface area contributed by atoms with E-state index in [9.17, 15) is 14.4 Å². The van der Waals surface area contributed by atoms with Gasteiger partial charge in [-0.3, -0.25) is 18.7 Å². The number of nitrogens with zero attached hydrogens (tertiary/aromatic N) is 5. The highest BCUT2D eigenvalue weighted by atomic mass is 35.5. The lowest BCUT2D eigenvalue weighted by atomic mass is 10.2. The summed E-state index contributed by atoms with van der Waals surface area (Å²) in [5.41, 5.74) is -0.0969. The minimum atomic E-state index is -0.529. The summed E-state index contributed by atoms with van der Waals surface area (Å²) in [6.45, 7) is 0.289. The largest absolute Gasteiger partial charge is 0.332 e. The van der Waals surface area contributed by atoms with Crippen molar-refractivity contribution in [3.8, 4) is 0 Å². The summed E-state index contributed by atoms with van der Waals surface area (Å²) in [7, 11) is 2.88. The number of carbonyl (C=O) groups excluding carboxylic acids is 1. The Morgan fingerprint density at radius 3 is 2.61 bits per heavy atom. The predicted octanol–water partition coefficient (Wildman–Crippen LogP) is 2.44. The van der Waals surface area contributed by atoms with Gasteiger partial charge in [0.05, 0.1) is 28.2 Å². The summed E-state index contributed by atoms with van der Waals surface area (Å²) in [5, 5.41) is 8.03. The fourth-order valence-corrected chi connectivity index (χ4v) is 3.54. The number of nitrogens with one attached hydrogen (secondary N) is 1. The number of halogens is 2. The number of benzene rings is 1. The SMILES string of the molecule is Cn1c(=O)c2ccc(C(=O)Nc3ccnn3Cc3cccc(Cl)c3Cl)nc2n(C)c1=O. The molecule has 0 atom stereocenters. The molecule has 0 saturated carbocycles. The van der Waals surface area contributed by atoms with Gasteiger partial charge in [-0.25, -0.2) is 14.5 Å². The number of anilines is 1. The van der Waals surface area contributed by atoms with Crippen LogP contribution < -0.4 is 16.6 Å². The summed E-state index contributed by atoms with van der Waals surface area (Å²) < 4.78 is 3.77. The summed E-state index contributed by atoms with van der Waals surface area (Å²) >= 11 is 12.3. The third-order valence-electron chi connectivity index (χ3n) is 4.84. The first-order valence-corrected chi connectivity index (χ1v) is 9.86. The van der Waals surface area contributed by atoms with Crippen molar-refractivity contribution in [1.82, 2.24) is 23.9 Å². The first-order valence-electron chi connectivity index (χ1n) is 9.10. The molecule has 0 aliphatic rings. The van der Waals surface area contributed by atoms with Crippen LogP contribution in [0.15, 0.2) is 52.2 Å². The number of amides is 1. The molecule has 0 bridgehead atoms. The maximum atomic E-state index is 12.8.